The molecule has 2 rings (SSSR count). The Labute approximate surface area is 119 Å². The van der Waals surface area contributed by atoms with Crippen LogP contribution in [0.4, 0.5) is 0 Å². The van der Waals surface area contributed by atoms with Crippen LogP contribution in [0.25, 0.3) is 0 Å². The van der Waals surface area contributed by atoms with Crippen molar-refractivity contribution in [2.45, 2.75) is 64.6 Å². The predicted octanol–water partition coefficient (Wildman–Crippen LogP) is 2.51. The summed E-state index contributed by atoms with van der Waals surface area (Å²) in [5.74, 6) is 0.840. The van der Waals surface area contributed by atoms with Crippen LogP contribution in [0, 0.1) is 11.3 Å². The van der Waals surface area contributed by atoms with E-state index in [2.05, 4.69) is 45.1 Å². The van der Waals surface area contributed by atoms with Gasteiger partial charge in [-0.15, -0.1) is 0 Å². The molecule has 0 aromatic carbocycles. The van der Waals surface area contributed by atoms with Crippen molar-refractivity contribution in [2.75, 3.05) is 27.3 Å². The molecule has 0 radical (unpaired) electrons. The van der Waals surface area contributed by atoms with E-state index in [0.717, 1.165) is 19.1 Å². The van der Waals surface area contributed by atoms with Gasteiger partial charge in [-0.05, 0) is 51.1 Å². The van der Waals surface area contributed by atoms with Gasteiger partial charge in [-0.2, -0.15) is 0 Å². The molecule has 1 heterocycles. The topological polar surface area (TPSA) is 24.5 Å². The van der Waals surface area contributed by atoms with Gasteiger partial charge in [0.25, 0.3) is 0 Å². The van der Waals surface area contributed by atoms with Crippen molar-refractivity contribution in [1.82, 2.24) is 10.2 Å². The van der Waals surface area contributed by atoms with E-state index in [4.69, 9.17) is 4.74 Å². The summed E-state index contributed by atoms with van der Waals surface area (Å²) in [5, 5.41) is 3.55. The molecule has 0 spiro atoms. The Hall–Kier alpha value is -0.120. The summed E-state index contributed by atoms with van der Waals surface area (Å²) in [4.78, 5) is 2.60. The van der Waals surface area contributed by atoms with E-state index >= 15 is 0 Å². The molecule has 2 aliphatic rings. The van der Waals surface area contributed by atoms with E-state index in [0.29, 0.717) is 23.5 Å². The van der Waals surface area contributed by atoms with Crippen LogP contribution in [-0.2, 0) is 4.74 Å². The number of rotatable bonds is 3. The Morgan fingerprint density at radius 2 is 1.89 bits per heavy atom. The highest BCUT2D eigenvalue weighted by atomic mass is 16.5. The maximum Gasteiger partial charge on any atom is 0.0622 e. The van der Waals surface area contributed by atoms with Crippen LogP contribution in [0.2, 0.25) is 0 Å². The zero-order chi connectivity index (χ0) is 14.0. The molecule has 0 bridgehead atoms. The summed E-state index contributed by atoms with van der Waals surface area (Å²) in [6.07, 6.45) is 5.19. The second-order valence-corrected chi connectivity index (χ2v) is 7.52. The first-order chi connectivity index (χ1) is 8.93. The van der Waals surface area contributed by atoms with E-state index in [-0.39, 0.29) is 0 Å². The van der Waals surface area contributed by atoms with Crippen LogP contribution in [0.5, 0.6) is 0 Å². The lowest BCUT2D eigenvalue weighted by atomic mass is 9.69. The summed E-state index contributed by atoms with van der Waals surface area (Å²) in [6.45, 7) is 9.05. The largest absolute Gasteiger partial charge is 0.380 e. The van der Waals surface area contributed by atoms with Crippen molar-refractivity contribution in [3.63, 3.8) is 0 Å². The summed E-state index contributed by atoms with van der Waals surface area (Å²) in [7, 11) is 4.42. The molecule has 1 aliphatic heterocycles. The second kappa shape index (κ2) is 6.11. The normalized spacial score (nSPS) is 36.9. The number of hydrogen-bond donors (Lipinski definition) is 1. The lowest BCUT2D eigenvalue weighted by Crippen LogP contribution is -2.55. The first kappa shape index (κ1) is 15.3. The third kappa shape index (κ3) is 3.50. The zero-order valence-electron chi connectivity index (χ0n) is 13.4. The van der Waals surface area contributed by atoms with Gasteiger partial charge < -0.3 is 10.1 Å². The van der Waals surface area contributed by atoms with Crippen LogP contribution in [-0.4, -0.2) is 50.3 Å². The molecule has 0 aromatic rings. The SMILES string of the molecule is CNC1CCC(C(C)(C)C)CC1N(C)C1CCOC1. The van der Waals surface area contributed by atoms with Gasteiger partial charge in [0.1, 0.15) is 0 Å². The molecule has 4 atom stereocenters. The van der Waals surface area contributed by atoms with Gasteiger partial charge in [-0.3, -0.25) is 4.90 Å². The Kier molecular flexibility index (Phi) is 4.91. The van der Waals surface area contributed by atoms with Crippen LogP contribution in [0.3, 0.4) is 0 Å². The Bertz CT molecular complexity index is 281. The van der Waals surface area contributed by atoms with Gasteiger partial charge in [-0.25, -0.2) is 0 Å². The molecule has 19 heavy (non-hydrogen) atoms. The predicted molar refractivity (Wildman–Crippen MR) is 80.4 cm³/mol. The first-order valence-corrected chi connectivity index (χ1v) is 7.90. The second-order valence-electron chi connectivity index (χ2n) is 7.52. The lowest BCUT2D eigenvalue weighted by Gasteiger charge is -2.46. The third-order valence-corrected chi connectivity index (χ3v) is 5.42. The van der Waals surface area contributed by atoms with E-state index in [1.807, 2.05) is 0 Å². The minimum absolute atomic E-state index is 0.435. The highest BCUT2D eigenvalue weighted by molar-refractivity contribution is 4.95. The summed E-state index contributed by atoms with van der Waals surface area (Å²) in [5.41, 5.74) is 0.435. The minimum Gasteiger partial charge on any atom is -0.380 e. The van der Waals surface area contributed by atoms with Gasteiger partial charge in [0.05, 0.1) is 6.61 Å². The molecular formula is C16H32N2O. The van der Waals surface area contributed by atoms with Crippen LogP contribution < -0.4 is 5.32 Å². The number of likely N-dealkylation sites (N-methyl/N-ethyl adjacent to an activating group) is 2. The Morgan fingerprint density at radius 3 is 2.42 bits per heavy atom. The molecule has 3 heteroatoms. The van der Waals surface area contributed by atoms with Gasteiger partial charge >= 0.3 is 0 Å². The average molecular weight is 268 g/mol. The minimum atomic E-state index is 0.435. The van der Waals surface area contributed by atoms with Crippen molar-refractivity contribution in [3.8, 4) is 0 Å². The molecule has 2 fully saturated rings. The fourth-order valence-corrected chi connectivity index (χ4v) is 3.83. The highest BCUT2D eigenvalue weighted by Gasteiger charge is 2.39. The van der Waals surface area contributed by atoms with Crippen molar-refractivity contribution in [1.29, 1.82) is 0 Å². The number of hydrogen-bond acceptors (Lipinski definition) is 3. The van der Waals surface area contributed by atoms with Crippen molar-refractivity contribution < 1.29 is 4.74 Å². The molecule has 112 valence electrons. The average Bonchev–Trinajstić information content (AvgIpc) is 2.90. The van der Waals surface area contributed by atoms with Gasteiger partial charge in [0.15, 0.2) is 0 Å². The van der Waals surface area contributed by atoms with Crippen LogP contribution in [0.1, 0.15) is 46.5 Å². The number of nitrogens with one attached hydrogen (secondary N) is 1. The van der Waals surface area contributed by atoms with Gasteiger partial charge in [-0.1, -0.05) is 20.8 Å². The maximum atomic E-state index is 5.57. The summed E-state index contributed by atoms with van der Waals surface area (Å²) < 4.78 is 5.57. The van der Waals surface area contributed by atoms with Crippen molar-refractivity contribution in [2.24, 2.45) is 11.3 Å². The molecule has 0 aromatic heterocycles. The van der Waals surface area contributed by atoms with E-state index in [1.54, 1.807) is 0 Å². The fraction of sp³-hybridized carbons (Fsp3) is 1.00. The highest BCUT2D eigenvalue weighted by Crippen LogP contribution is 2.39. The molecule has 1 saturated carbocycles. The van der Waals surface area contributed by atoms with E-state index in [9.17, 15) is 0 Å². The molecular weight excluding hydrogens is 236 g/mol. The first-order valence-electron chi connectivity index (χ1n) is 7.90. The van der Waals surface area contributed by atoms with Crippen LogP contribution >= 0.6 is 0 Å². The molecule has 1 N–H and O–H groups in total. The lowest BCUT2D eigenvalue weighted by molar-refractivity contribution is 0.0470. The van der Waals surface area contributed by atoms with Crippen LogP contribution in [0.15, 0.2) is 0 Å². The van der Waals surface area contributed by atoms with Crippen molar-refractivity contribution in [3.05, 3.63) is 0 Å². The standard InChI is InChI=1S/C16H32N2O/c1-16(2,3)12-6-7-14(17-4)15(10-12)18(5)13-8-9-19-11-13/h12-15,17H,6-11H2,1-5H3. The van der Waals surface area contributed by atoms with E-state index < -0.39 is 0 Å². The maximum absolute atomic E-state index is 5.57. The van der Waals surface area contributed by atoms with Gasteiger partial charge in [0, 0.05) is 24.7 Å². The smallest absolute Gasteiger partial charge is 0.0622 e. The summed E-state index contributed by atoms with van der Waals surface area (Å²) >= 11 is 0. The number of ether oxygens (including phenoxy) is 1. The molecule has 0 amide bonds. The molecule has 1 aliphatic carbocycles. The third-order valence-electron chi connectivity index (χ3n) is 5.42. The Morgan fingerprint density at radius 1 is 1.16 bits per heavy atom. The van der Waals surface area contributed by atoms with Gasteiger partial charge in [0.2, 0.25) is 0 Å². The molecule has 3 nitrogen and oxygen atoms in total. The molecule has 4 unspecified atom stereocenters. The monoisotopic (exact) mass is 268 g/mol. The summed E-state index contributed by atoms with van der Waals surface area (Å²) in [6, 6.07) is 1.93. The number of nitrogens with zero attached hydrogens (tertiary/aromatic N) is 1. The molecule has 1 saturated heterocycles. The fourth-order valence-electron chi connectivity index (χ4n) is 3.83. The van der Waals surface area contributed by atoms with Crippen molar-refractivity contribution >= 4 is 0 Å². The Balaban J connectivity index is 2.04. The quantitative estimate of drug-likeness (QED) is 0.851. The van der Waals surface area contributed by atoms with E-state index in [1.165, 1.54) is 25.7 Å². The zero-order valence-corrected chi connectivity index (χ0v) is 13.4.